The predicted molar refractivity (Wildman–Crippen MR) is 94.0 cm³/mol. The Morgan fingerprint density at radius 1 is 0.833 bits per heavy atom. The standard InChI is InChI=1S/C12H6Br2Cl4O6/c13-3(1-21-11-7(17)5(15)9(19)23-11)4(14)2-22-12-8(18)6(16)10(20)24-12/h11-12H,1-2H2/b4-3+/t11-,12+. The third kappa shape index (κ3) is 4.67. The van der Waals surface area contributed by atoms with Gasteiger partial charge < -0.3 is 18.9 Å². The lowest BCUT2D eigenvalue weighted by atomic mass is 10.5. The number of hydrogen-bond donors (Lipinski definition) is 0. The molecule has 12 heteroatoms. The molecule has 132 valence electrons. The SMILES string of the molecule is O=C1O[C@@H](OC/C(Br)=C(\Br)CO[C@H]2OC(=O)C(Cl)=C2Cl)C(Cl)=C1Cl. The number of hydrogen-bond acceptors (Lipinski definition) is 6. The van der Waals surface area contributed by atoms with Gasteiger partial charge in [-0.25, -0.2) is 9.59 Å². The lowest BCUT2D eigenvalue weighted by Gasteiger charge is -2.14. The normalized spacial score (nSPS) is 25.2. The molecule has 2 aliphatic heterocycles. The maximum atomic E-state index is 11.2. The molecule has 2 atom stereocenters. The number of cyclic esters (lactones) is 2. The van der Waals surface area contributed by atoms with Gasteiger partial charge in [-0.05, 0) is 0 Å². The fourth-order valence-electron chi connectivity index (χ4n) is 1.47. The summed E-state index contributed by atoms with van der Waals surface area (Å²) in [6, 6.07) is 0. The highest BCUT2D eigenvalue weighted by atomic mass is 79.9. The fraction of sp³-hybridized carbons (Fsp3) is 0.333. The quantitative estimate of drug-likeness (QED) is 0.465. The molecule has 0 spiro atoms. The molecule has 0 bridgehead atoms. The number of halogens is 6. The zero-order chi connectivity index (χ0) is 18.0. The molecule has 6 nitrogen and oxygen atoms in total. The average Bonchev–Trinajstić information content (AvgIpc) is 2.94. The van der Waals surface area contributed by atoms with Gasteiger partial charge in [-0.2, -0.15) is 0 Å². The Bertz CT molecular complexity index is 618. The highest BCUT2D eigenvalue weighted by Gasteiger charge is 2.34. The predicted octanol–water partition coefficient (Wildman–Crippen LogP) is 4.17. The van der Waals surface area contributed by atoms with E-state index < -0.39 is 24.5 Å². The summed E-state index contributed by atoms with van der Waals surface area (Å²) < 4.78 is 21.3. The van der Waals surface area contributed by atoms with E-state index in [0.29, 0.717) is 8.96 Å². The maximum absolute atomic E-state index is 11.2. The van der Waals surface area contributed by atoms with E-state index in [1.54, 1.807) is 0 Å². The molecule has 2 heterocycles. The van der Waals surface area contributed by atoms with Gasteiger partial charge in [-0.3, -0.25) is 0 Å². The van der Waals surface area contributed by atoms with E-state index in [1.807, 2.05) is 0 Å². The van der Waals surface area contributed by atoms with E-state index >= 15 is 0 Å². The zero-order valence-corrected chi connectivity index (χ0v) is 17.5. The molecule has 0 N–H and O–H groups in total. The van der Waals surface area contributed by atoms with Gasteiger partial charge in [0, 0.05) is 8.96 Å². The lowest BCUT2D eigenvalue weighted by Crippen LogP contribution is -2.17. The number of rotatable bonds is 6. The van der Waals surface area contributed by atoms with Crippen LogP contribution >= 0.6 is 78.3 Å². The first kappa shape index (κ1) is 20.5. The molecule has 2 rings (SSSR count). The van der Waals surface area contributed by atoms with Crippen molar-refractivity contribution in [2.75, 3.05) is 13.2 Å². The Hall–Kier alpha value is 0.200. The van der Waals surface area contributed by atoms with Crippen LogP contribution in [0.1, 0.15) is 0 Å². The number of esters is 2. The first-order valence-electron chi connectivity index (χ1n) is 6.01. The van der Waals surface area contributed by atoms with Crippen molar-refractivity contribution in [3.8, 4) is 0 Å². The van der Waals surface area contributed by atoms with Crippen LogP contribution in [0.5, 0.6) is 0 Å². The van der Waals surface area contributed by atoms with Crippen molar-refractivity contribution in [1.82, 2.24) is 0 Å². The van der Waals surface area contributed by atoms with Gasteiger partial charge in [-0.15, -0.1) is 0 Å². The topological polar surface area (TPSA) is 71.1 Å². The molecule has 24 heavy (non-hydrogen) atoms. The third-order valence-electron chi connectivity index (χ3n) is 2.64. The van der Waals surface area contributed by atoms with E-state index in [0.717, 1.165) is 0 Å². The van der Waals surface area contributed by atoms with Crippen LogP contribution in [-0.2, 0) is 28.5 Å². The molecule has 0 radical (unpaired) electrons. The molecule has 0 aromatic heterocycles. The summed E-state index contributed by atoms with van der Waals surface area (Å²) in [7, 11) is 0. The van der Waals surface area contributed by atoms with E-state index in [2.05, 4.69) is 31.9 Å². The summed E-state index contributed by atoms with van der Waals surface area (Å²) in [5.74, 6) is -1.51. The monoisotopic (exact) mass is 544 g/mol. The molecule has 0 aliphatic carbocycles. The summed E-state index contributed by atoms with van der Waals surface area (Å²) in [4.78, 5) is 22.4. The van der Waals surface area contributed by atoms with Crippen LogP contribution < -0.4 is 0 Å². The van der Waals surface area contributed by atoms with E-state index in [4.69, 9.17) is 65.4 Å². The van der Waals surface area contributed by atoms with Crippen molar-refractivity contribution >= 4 is 90.2 Å². The fourth-order valence-corrected chi connectivity index (χ4v) is 2.60. The molecule has 0 saturated carbocycles. The van der Waals surface area contributed by atoms with Gasteiger partial charge >= 0.3 is 11.9 Å². The summed E-state index contributed by atoms with van der Waals surface area (Å²) in [5, 5.41) is -0.492. The van der Waals surface area contributed by atoms with Crippen LogP contribution in [0, 0.1) is 0 Å². The summed E-state index contributed by atoms with van der Waals surface area (Å²) >= 11 is 29.4. The molecule has 0 fully saturated rings. The van der Waals surface area contributed by atoms with Crippen LogP contribution in [0.15, 0.2) is 29.1 Å². The first-order valence-corrected chi connectivity index (χ1v) is 9.10. The maximum Gasteiger partial charge on any atom is 0.353 e. The second-order valence-electron chi connectivity index (χ2n) is 4.23. The minimum atomic E-state index is -1.08. The van der Waals surface area contributed by atoms with Crippen molar-refractivity contribution < 1.29 is 28.5 Å². The zero-order valence-electron chi connectivity index (χ0n) is 11.3. The summed E-state index contributed by atoms with van der Waals surface area (Å²) in [6.45, 7) is -0.00583. The average molecular weight is 548 g/mol. The summed E-state index contributed by atoms with van der Waals surface area (Å²) in [6.07, 6.45) is -2.15. The number of carbonyl (C=O) groups excluding carboxylic acids is 2. The van der Waals surface area contributed by atoms with Gasteiger partial charge in [0.1, 0.15) is 20.1 Å². The van der Waals surface area contributed by atoms with Gasteiger partial charge in [0.15, 0.2) is 0 Å². The Kier molecular flexibility index (Phi) is 7.46. The smallest absolute Gasteiger partial charge is 0.353 e. The van der Waals surface area contributed by atoms with Crippen molar-refractivity contribution in [2.45, 2.75) is 12.6 Å². The molecular formula is C12H6Br2Cl4O6. The lowest BCUT2D eigenvalue weighted by molar-refractivity contribution is -0.158. The van der Waals surface area contributed by atoms with E-state index in [1.165, 1.54) is 0 Å². The highest BCUT2D eigenvalue weighted by molar-refractivity contribution is 9.14. The Morgan fingerprint density at radius 2 is 1.17 bits per heavy atom. The Balaban J connectivity index is 1.86. The van der Waals surface area contributed by atoms with Crippen LogP contribution in [-0.4, -0.2) is 37.7 Å². The summed E-state index contributed by atoms with van der Waals surface area (Å²) in [5.41, 5.74) is 0. The van der Waals surface area contributed by atoms with Crippen molar-refractivity contribution in [3.05, 3.63) is 29.1 Å². The molecule has 0 saturated heterocycles. The number of ether oxygens (including phenoxy) is 4. The highest BCUT2D eigenvalue weighted by Crippen LogP contribution is 2.32. The molecule has 0 aromatic carbocycles. The Morgan fingerprint density at radius 3 is 1.42 bits per heavy atom. The van der Waals surface area contributed by atoms with Crippen LogP contribution in [0.4, 0.5) is 0 Å². The second-order valence-corrected chi connectivity index (χ2v) is 7.71. The van der Waals surface area contributed by atoms with Gasteiger partial charge in [0.25, 0.3) is 0 Å². The van der Waals surface area contributed by atoms with Crippen molar-refractivity contribution in [1.29, 1.82) is 0 Å². The molecule has 0 unspecified atom stereocenters. The first-order chi connectivity index (χ1) is 11.2. The van der Waals surface area contributed by atoms with Crippen LogP contribution in [0.25, 0.3) is 0 Å². The molecule has 0 aromatic rings. The van der Waals surface area contributed by atoms with Gasteiger partial charge in [-0.1, -0.05) is 78.3 Å². The molecular weight excluding hydrogens is 542 g/mol. The molecule has 0 amide bonds. The van der Waals surface area contributed by atoms with Crippen LogP contribution in [0.2, 0.25) is 0 Å². The minimum absolute atomic E-state index is 0.00292. The molecule has 2 aliphatic rings. The minimum Gasteiger partial charge on any atom is -0.426 e. The number of carbonyl (C=O) groups is 2. The second kappa shape index (κ2) is 8.73. The largest absolute Gasteiger partial charge is 0.426 e. The van der Waals surface area contributed by atoms with Crippen LogP contribution in [0.3, 0.4) is 0 Å². The van der Waals surface area contributed by atoms with Crippen molar-refractivity contribution in [3.63, 3.8) is 0 Å². The van der Waals surface area contributed by atoms with E-state index in [-0.39, 0.29) is 33.3 Å². The third-order valence-corrected chi connectivity index (χ3v) is 6.23. The van der Waals surface area contributed by atoms with Crippen molar-refractivity contribution in [2.24, 2.45) is 0 Å². The Labute approximate surface area is 172 Å². The van der Waals surface area contributed by atoms with E-state index in [9.17, 15) is 9.59 Å². The van der Waals surface area contributed by atoms with Gasteiger partial charge in [0.05, 0.1) is 13.2 Å². The van der Waals surface area contributed by atoms with Gasteiger partial charge in [0.2, 0.25) is 12.6 Å².